The van der Waals surface area contributed by atoms with Crippen LogP contribution in [0.3, 0.4) is 0 Å². The Morgan fingerprint density at radius 1 is 1.56 bits per heavy atom. The van der Waals surface area contributed by atoms with E-state index in [1.807, 2.05) is 13.0 Å². The summed E-state index contributed by atoms with van der Waals surface area (Å²) in [6.45, 7) is 6.00. The topological polar surface area (TPSA) is 50.4 Å². The minimum absolute atomic E-state index is 0. The van der Waals surface area contributed by atoms with Crippen molar-refractivity contribution in [3.63, 3.8) is 0 Å². The molecule has 0 aliphatic heterocycles. The summed E-state index contributed by atoms with van der Waals surface area (Å²) in [5, 5.41) is 4.26. The summed E-state index contributed by atoms with van der Waals surface area (Å²) in [6, 6.07) is 5.32. The maximum atomic E-state index is 6.09. The smallest absolute Gasteiger partial charge is 0.189 e. The van der Waals surface area contributed by atoms with E-state index in [1.165, 1.54) is 0 Å². The molecule has 3 N–H and O–H groups in total. The Balaban J connectivity index is 0.00000289. The molecule has 0 bridgehead atoms. The molecule has 0 amide bonds. The lowest BCUT2D eigenvalue weighted by atomic mass is 10.1. The first kappa shape index (κ1) is 17.5. The molecule has 1 unspecified atom stereocenters. The van der Waals surface area contributed by atoms with Crippen molar-refractivity contribution in [1.29, 1.82) is 0 Å². The summed E-state index contributed by atoms with van der Waals surface area (Å²) in [7, 11) is 0. The average Bonchev–Trinajstić information content (AvgIpc) is 2.26. The van der Waals surface area contributed by atoms with Gasteiger partial charge in [0.2, 0.25) is 0 Å². The second kappa shape index (κ2) is 8.61. The standard InChI is InChI=1S/C12H15Cl2N3.HI/c1-3-6-16-12(15)17-8(2)10-5-4-9(13)7-11(10)14;/h3-5,7-8H,1,6H2,2H3,(H3,15,16,17);1H. The van der Waals surface area contributed by atoms with Gasteiger partial charge in [-0.1, -0.05) is 35.3 Å². The SMILES string of the molecule is C=CCN=C(N)NC(C)c1ccc(Cl)cc1Cl.I. The highest BCUT2D eigenvalue weighted by molar-refractivity contribution is 14.0. The Labute approximate surface area is 134 Å². The van der Waals surface area contributed by atoms with Gasteiger partial charge in [0.05, 0.1) is 12.6 Å². The molecule has 0 fully saturated rings. The molecule has 1 aromatic carbocycles. The van der Waals surface area contributed by atoms with Gasteiger partial charge in [0.1, 0.15) is 0 Å². The highest BCUT2D eigenvalue weighted by Gasteiger charge is 2.10. The molecular formula is C12H16Cl2IN3. The molecule has 0 aliphatic rings. The molecule has 1 rings (SSSR count). The number of hydrogen-bond donors (Lipinski definition) is 2. The zero-order chi connectivity index (χ0) is 12.8. The highest BCUT2D eigenvalue weighted by Crippen LogP contribution is 2.25. The summed E-state index contributed by atoms with van der Waals surface area (Å²) in [6.07, 6.45) is 1.68. The largest absolute Gasteiger partial charge is 0.370 e. The van der Waals surface area contributed by atoms with Gasteiger partial charge >= 0.3 is 0 Å². The van der Waals surface area contributed by atoms with Crippen LogP contribution in [0.2, 0.25) is 10.0 Å². The van der Waals surface area contributed by atoms with Crippen LogP contribution in [0.5, 0.6) is 0 Å². The summed E-state index contributed by atoms with van der Waals surface area (Å²) in [5.74, 6) is 0.364. The molecule has 0 saturated heterocycles. The van der Waals surface area contributed by atoms with E-state index in [0.29, 0.717) is 22.5 Å². The predicted molar refractivity (Wildman–Crippen MR) is 90.1 cm³/mol. The van der Waals surface area contributed by atoms with Gasteiger partial charge < -0.3 is 11.1 Å². The van der Waals surface area contributed by atoms with E-state index in [4.69, 9.17) is 28.9 Å². The Bertz CT molecular complexity index is 435. The first-order chi connectivity index (χ1) is 8.04. The Morgan fingerprint density at radius 3 is 2.78 bits per heavy atom. The van der Waals surface area contributed by atoms with E-state index in [-0.39, 0.29) is 30.0 Å². The summed E-state index contributed by atoms with van der Waals surface area (Å²) >= 11 is 11.9. The van der Waals surface area contributed by atoms with Crippen LogP contribution in [0.15, 0.2) is 35.8 Å². The summed E-state index contributed by atoms with van der Waals surface area (Å²) in [4.78, 5) is 4.05. The lowest BCUT2D eigenvalue weighted by Crippen LogP contribution is -2.34. The fourth-order valence-electron chi connectivity index (χ4n) is 1.36. The number of benzene rings is 1. The van der Waals surface area contributed by atoms with E-state index in [1.54, 1.807) is 18.2 Å². The first-order valence-electron chi connectivity index (χ1n) is 5.17. The number of nitrogens with zero attached hydrogens (tertiary/aromatic N) is 1. The minimum Gasteiger partial charge on any atom is -0.370 e. The predicted octanol–water partition coefficient (Wildman–Crippen LogP) is 3.76. The van der Waals surface area contributed by atoms with Gasteiger partial charge in [0.15, 0.2) is 5.96 Å². The van der Waals surface area contributed by atoms with Crippen LogP contribution >= 0.6 is 47.2 Å². The number of aliphatic imine (C=N–C) groups is 1. The molecule has 0 spiro atoms. The Hall–Kier alpha value is -0.460. The quantitative estimate of drug-likeness (QED) is 0.350. The van der Waals surface area contributed by atoms with Crippen molar-refractivity contribution in [3.05, 3.63) is 46.5 Å². The number of nitrogens with two attached hydrogens (primary N) is 1. The molecule has 0 heterocycles. The van der Waals surface area contributed by atoms with Crippen LogP contribution in [0.1, 0.15) is 18.5 Å². The Kier molecular flexibility index (Phi) is 8.39. The van der Waals surface area contributed by atoms with Gasteiger partial charge in [0.25, 0.3) is 0 Å². The highest BCUT2D eigenvalue weighted by atomic mass is 127. The fourth-order valence-corrected chi connectivity index (χ4v) is 1.93. The monoisotopic (exact) mass is 399 g/mol. The maximum absolute atomic E-state index is 6.09. The second-order valence-electron chi connectivity index (χ2n) is 3.55. The van der Waals surface area contributed by atoms with Crippen molar-refractivity contribution in [2.24, 2.45) is 10.7 Å². The van der Waals surface area contributed by atoms with Crippen LogP contribution in [-0.4, -0.2) is 12.5 Å². The number of rotatable bonds is 4. The lowest BCUT2D eigenvalue weighted by Gasteiger charge is -2.16. The number of hydrogen-bond acceptors (Lipinski definition) is 1. The molecule has 3 nitrogen and oxygen atoms in total. The van der Waals surface area contributed by atoms with Crippen molar-refractivity contribution >= 4 is 53.1 Å². The molecule has 100 valence electrons. The van der Waals surface area contributed by atoms with Crippen LogP contribution < -0.4 is 11.1 Å². The normalized spacial score (nSPS) is 12.5. The molecule has 0 aromatic heterocycles. The molecule has 1 atom stereocenters. The lowest BCUT2D eigenvalue weighted by molar-refractivity contribution is 0.710. The van der Waals surface area contributed by atoms with E-state index >= 15 is 0 Å². The van der Waals surface area contributed by atoms with Gasteiger partial charge in [-0.05, 0) is 24.6 Å². The zero-order valence-electron chi connectivity index (χ0n) is 9.99. The first-order valence-corrected chi connectivity index (χ1v) is 5.92. The van der Waals surface area contributed by atoms with E-state index in [0.717, 1.165) is 5.56 Å². The van der Waals surface area contributed by atoms with Crippen molar-refractivity contribution in [2.75, 3.05) is 6.54 Å². The van der Waals surface area contributed by atoms with E-state index in [2.05, 4.69) is 16.9 Å². The van der Waals surface area contributed by atoms with E-state index < -0.39 is 0 Å². The molecule has 6 heteroatoms. The zero-order valence-corrected chi connectivity index (χ0v) is 13.8. The molecule has 0 radical (unpaired) electrons. The van der Waals surface area contributed by atoms with Crippen molar-refractivity contribution < 1.29 is 0 Å². The van der Waals surface area contributed by atoms with Gasteiger partial charge in [0, 0.05) is 10.0 Å². The van der Waals surface area contributed by atoms with Gasteiger partial charge in [-0.3, -0.25) is 0 Å². The van der Waals surface area contributed by atoms with Crippen molar-refractivity contribution in [1.82, 2.24) is 5.32 Å². The van der Waals surface area contributed by atoms with Crippen LogP contribution in [0.25, 0.3) is 0 Å². The second-order valence-corrected chi connectivity index (χ2v) is 4.39. The summed E-state index contributed by atoms with van der Waals surface area (Å²) < 4.78 is 0. The van der Waals surface area contributed by atoms with Gasteiger partial charge in [-0.2, -0.15) is 0 Å². The third-order valence-electron chi connectivity index (χ3n) is 2.18. The van der Waals surface area contributed by atoms with Gasteiger partial charge in [-0.15, -0.1) is 30.6 Å². The molecule has 0 saturated carbocycles. The van der Waals surface area contributed by atoms with E-state index in [9.17, 15) is 0 Å². The molecular weight excluding hydrogens is 384 g/mol. The number of halogens is 3. The molecule has 1 aromatic rings. The third kappa shape index (κ3) is 5.46. The molecule has 18 heavy (non-hydrogen) atoms. The maximum Gasteiger partial charge on any atom is 0.189 e. The van der Waals surface area contributed by atoms with Crippen LogP contribution in [0, 0.1) is 0 Å². The Morgan fingerprint density at radius 2 is 2.22 bits per heavy atom. The number of guanidine groups is 1. The number of nitrogens with one attached hydrogen (secondary N) is 1. The minimum atomic E-state index is -0.0340. The third-order valence-corrected chi connectivity index (χ3v) is 2.75. The van der Waals surface area contributed by atoms with Gasteiger partial charge in [-0.25, -0.2) is 4.99 Å². The van der Waals surface area contributed by atoms with Crippen LogP contribution in [0.4, 0.5) is 0 Å². The van der Waals surface area contributed by atoms with Crippen molar-refractivity contribution in [2.45, 2.75) is 13.0 Å². The average molecular weight is 400 g/mol. The van der Waals surface area contributed by atoms with Crippen molar-refractivity contribution in [3.8, 4) is 0 Å². The summed E-state index contributed by atoms with van der Waals surface area (Å²) in [5.41, 5.74) is 6.62. The fraction of sp³-hybridized carbons (Fsp3) is 0.250. The molecule has 0 aliphatic carbocycles. The van der Waals surface area contributed by atoms with Crippen LogP contribution in [-0.2, 0) is 0 Å².